The molecule has 2 aliphatic rings. The third-order valence-corrected chi connectivity index (χ3v) is 6.44. The second-order valence-electron chi connectivity index (χ2n) is 7.15. The lowest BCUT2D eigenvalue weighted by molar-refractivity contribution is -0.782. The molecule has 24 heavy (non-hydrogen) atoms. The van der Waals surface area contributed by atoms with Crippen molar-refractivity contribution in [2.75, 3.05) is 0 Å². The molecule has 1 nitrogen and oxygen atoms in total. The van der Waals surface area contributed by atoms with Crippen LogP contribution in [0.15, 0.2) is 42.5 Å². The summed E-state index contributed by atoms with van der Waals surface area (Å²) in [5, 5.41) is 0. The van der Waals surface area contributed by atoms with Crippen LogP contribution >= 0.6 is 0 Å². The number of allylic oxidation sites excluding steroid dienone is 2. The number of fused-ring (bicyclic) bond motifs is 6. The van der Waals surface area contributed by atoms with Gasteiger partial charge in [-0.15, -0.1) is 4.39 Å². The Morgan fingerprint density at radius 3 is 2.38 bits per heavy atom. The van der Waals surface area contributed by atoms with E-state index in [9.17, 15) is 0 Å². The quantitative estimate of drug-likeness (QED) is 0.426. The lowest BCUT2D eigenvalue weighted by Gasteiger charge is -2.52. The molecule has 2 aromatic rings. The summed E-state index contributed by atoms with van der Waals surface area (Å²) in [4.78, 5) is 0. The Hall–Kier alpha value is -1.96. The van der Waals surface area contributed by atoms with E-state index >= 15 is 4.39 Å². The molecule has 0 fully saturated rings. The van der Waals surface area contributed by atoms with E-state index in [-0.39, 0.29) is 16.9 Å². The fourth-order valence-electron chi connectivity index (χ4n) is 5.16. The monoisotopic (exact) mass is 322 g/mol. The number of benzene rings is 1. The van der Waals surface area contributed by atoms with Gasteiger partial charge in [0.15, 0.2) is 0 Å². The highest BCUT2D eigenvalue weighted by atomic mass is 19.1. The number of nitrogens with zero attached hydrogens (tertiary/aromatic N) is 1. The van der Waals surface area contributed by atoms with Crippen LogP contribution in [0.2, 0.25) is 0 Å². The molecule has 1 aliphatic carbocycles. The molecule has 1 aliphatic heterocycles. The van der Waals surface area contributed by atoms with Gasteiger partial charge in [0.25, 0.3) is 0 Å². The molecule has 1 aromatic carbocycles. The second-order valence-corrected chi connectivity index (χ2v) is 7.15. The third-order valence-electron chi connectivity index (χ3n) is 6.44. The molecule has 0 amide bonds. The van der Waals surface area contributed by atoms with Crippen LogP contribution in [0.3, 0.4) is 0 Å². The van der Waals surface area contributed by atoms with E-state index < -0.39 is 0 Å². The van der Waals surface area contributed by atoms with Gasteiger partial charge in [0.05, 0.1) is 11.0 Å². The second kappa shape index (κ2) is 5.02. The zero-order valence-corrected chi connectivity index (χ0v) is 15.0. The number of aryl methyl sites for hydroxylation is 2. The first-order valence-electron chi connectivity index (χ1n) is 9.11. The summed E-state index contributed by atoms with van der Waals surface area (Å²) in [5.41, 5.74) is 5.78. The number of aromatic nitrogens is 1. The molecule has 2 unspecified atom stereocenters. The molecule has 0 spiro atoms. The summed E-state index contributed by atoms with van der Waals surface area (Å²) in [6.07, 6.45) is 7.38. The highest BCUT2D eigenvalue weighted by Crippen LogP contribution is 2.57. The first-order valence-corrected chi connectivity index (χ1v) is 9.11. The molecule has 4 rings (SSSR count). The van der Waals surface area contributed by atoms with Gasteiger partial charge in [-0.3, -0.25) is 0 Å². The SMILES string of the molecule is CCc1cccc2c1-c1c(C)ccc(F)[n+]1C1(CC)C=CC21CC. The van der Waals surface area contributed by atoms with Gasteiger partial charge < -0.3 is 0 Å². The molecule has 0 saturated heterocycles. The Balaban J connectivity index is 2.23. The van der Waals surface area contributed by atoms with Crippen LogP contribution in [0.1, 0.15) is 50.3 Å². The minimum atomic E-state index is -0.285. The van der Waals surface area contributed by atoms with Crippen molar-refractivity contribution in [2.24, 2.45) is 0 Å². The number of pyridine rings is 1. The minimum Gasteiger partial charge on any atom is -0.156 e. The normalized spacial score (nSPS) is 26.4. The number of rotatable bonds is 3. The van der Waals surface area contributed by atoms with Crippen LogP contribution in [0.4, 0.5) is 4.39 Å². The van der Waals surface area contributed by atoms with Crippen molar-refractivity contribution < 1.29 is 8.96 Å². The van der Waals surface area contributed by atoms with E-state index in [1.807, 2.05) is 10.6 Å². The van der Waals surface area contributed by atoms with E-state index in [4.69, 9.17) is 0 Å². The molecule has 0 bridgehead atoms. The highest BCUT2D eigenvalue weighted by molar-refractivity contribution is 5.74. The smallest absolute Gasteiger partial charge is 0.156 e. The Kier molecular flexibility index (Phi) is 3.25. The molecule has 0 saturated carbocycles. The average molecular weight is 322 g/mol. The fourth-order valence-corrected chi connectivity index (χ4v) is 5.16. The molecule has 124 valence electrons. The average Bonchev–Trinajstić information content (AvgIpc) is 2.58. The van der Waals surface area contributed by atoms with Gasteiger partial charge in [0.1, 0.15) is 0 Å². The van der Waals surface area contributed by atoms with Crippen molar-refractivity contribution in [3.8, 4) is 11.3 Å². The van der Waals surface area contributed by atoms with Crippen LogP contribution in [-0.2, 0) is 17.4 Å². The first kappa shape index (κ1) is 15.6. The molecule has 2 heterocycles. The maximum atomic E-state index is 15.1. The molecule has 0 N–H and O–H groups in total. The Morgan fingerprint density at radius 2 is 1.79 bits per heavy atom. The van der Waals surface area contributed by atoms with Gasteiger partial charge in [-0.1, -0.05) is 45.0 Å². The van der Waals surface area contributed by atoms with Crippen LogP contribution in [0.25, 0.3) is 11.3 Å². The van der Waals surface area contributed by atoms with E-state index in [0.717, 1.165) is 30.5 Å². The van der Waals surface area contributed by atoms with Crippen molar-refractivity contribution in [1.82, 2.24) is 0 Å². The van der Waals surface area contributed by atoms with Gasteiger partial charge in [-0.25, -0.2) is 0 Å². The molecule has 0 radical (unpaired) electrons. The first-order chi connectivity index (χ1) is 11.6. The fraction of sp³-hybridized carbons (Fsp3) is 0.409. The van der Waals surface area contributed by atoms with Crippen molar-refractivity contribution in [1.29, 1.82) is 0 Å². The number of hydrogen-bond donors (Lipinski definition) is 0. The molecule has 2 atom stereocenters. The largest absolute Gasteiger partial charge is 0.360 e. The van der Waals surface area contributed by atoms with Crippen molar-refractivity contribution in [2.45, 2.75) is 57.9 Å². The molecule has 2 heteroatoms. The molecule has 1 aromatic heterocycles. The minimum absolute atomic E-state index is 0.103. The van der Waals surface area contributed by atoms with Crippen LogP contribution in [-0.4, -0.2) is 0 Å². The zero-order valence-electron chi connectivity index (χ0n) is 15.0. The van der Waals surface area contributed by atoms with Gasteiger partial charge in [0, 0.05) is 18.1 Å². The van der Waals surface area contributed by atoms with Crippen molar-refractivity contribution in [3.63, 3.8) is 0 Å². The summed E-state index contributed by atoms with van der Waals surface area (Å²) in [5.74, 6) is -0.129. The van der Waals surface area contributed by atoms with Gasteiger partial charge in [0.2, 0.25) is 11.2 Å². The van der Waals surface area contributed by atoms with Crippen molar-refractivity contribution >= 4 is 0 Å². The molecular weight excluding hydrogens is 297 g/mol. The van der Waals surface area contributed by atoms with E-state index in [1.165, 1.54) is 16.7 Å². The van der Waals surface area contributed by atoms with Gasteiger partial charge >= 0.3 is 5.95 Å². The number of halogens is 1. The number of hydrogen-bond acceptors (Lipinski definition) is 0. The zero-order chi connectivity index (χ0) is 17.1. The topological polar surface area (TPSA) is 3.88 Å². The molecular formula is C22H25FN+. The summed E-state index contributed by atoms with van der Waals surface area (Å²) >= 11 is 0. The Labute approximate surface area is 143 Å². The van der Waals surface area contributed by atoms with E-state index in [0.29, 0.717) is 0 Å². The summed E-state index contributed by atoms with van der Waals surface area (Å²) in [6.45, 7) is 8.70. The van der Waals surface area contributed by atoms with E-state index in [2.05, 4.69) is 58.0 Å². The van der Waals surface area contributed by atoms with Gasteiger partial charge in [-0.2, -0.15) is 4.57 Å². The van der Waals surface area contributed by atoms with Crippen LogP contribution in [0, 0.1) is 12.9 Å². The summed E-state index contributed by atoms with van der Waals surface area (Å²) < 4.78 is 17.1. The van der Waals surface area contributed by atoms with Crippen LogP contribution < -0.4 is 4.57 Å². The van der Waals surface area contributed by atoms with Gasteiger partial charge in [-0.05, 0) is 43.0 Å². The van der Waals surface area contributed by atoms with Crippen LogP contribution in [0.5, 0.6) is 0 Å². The predicted molar refractivity (Wildman–Crippen MR) is 95.5 cm³/mol. The predicted octanol–water partition coefficient (Wildman–Crippen LogP) is 4.99. The van der Waals surface area contributed by atoms with E-state index in [1.54, 1.807) is 6.07 Å². The highest BCUT2D eigenvalue weighted by Gasteiger charge is 2.65. The lowest BCUT2D eigenvalue weighted by atomic mass is 9.52. The van der Waals surface area contributed by atoms with Crippen molar-refractivity contribution in [3.05, 3.63) is 65.1 Å². The third kappa shape index (κ3) is 1.52. The maximum absolute atomic E-state index is 15.1. The Bertz CT molecular complexity index is 867. The maximum Gasteiger partial charge on any atom is 0.360 e. The summed E-state index contributed by atoms with van der Waals surface area (Å²) in [6, 6.07) is 10.2. The summed E-state index contributed by atoms with van der Waals surface area (Å²) in [7, 11) is 0. The standard InChI is InChI=1S/C22H25FN/c1-5-16-9-8-10-17-19(16)20-15(4)11-12-18(23)24(20)22(7-3)14-13-21(17,22)6-2/h8-14H,5-7H2,1-4H3/q+1. The Morgan fingerprint density at radius 1 is 1.00 bits per heavy atom. The lowest BCUT2D eigenvalue weighted by Crippen LogP contribution is -2.74.